The van der Waals surface area contributed by atoms with Crippen LogP contribution in [0.5, 0.6) is 0 Å². The summed E-state index contributed by atoms with van der Waals surface area (Å²) in [6, 6.07) is 9.93. The predicted molar refractivity (Wildman–Crippen MR) is 145 cm³/mol. The maximum absolute atomic E-state index is 12.9. The van der Waals surface area contributed by atoms with E-state index < -0.39 is 9.96 Å². The standard InChI is InChI=1S/C24H30Cl3N5OS/c1-30-15-10-17(11-16-30)8-9-20(33)29-22(24(25,26)27)32-14-4-13-31(23(32)34)19-7-2-5-18-6-3-12-28-21(18)19/h2-3,5-7,12,17,22H,4,8-11,13-16H2,1H3,(H,29,33). The molecule has 2 aliphatic rings. The summed E-state index contributed by atoms with van der Waals surface area (Å²) in [5, 5.41) is 4.50. The van der Waals surface area contributed by atoms with Gasteiger partial charge in [0.25, 0.3) is 0 Å². The number of halogens is 3. The van der Waals surface area contributed by atoms with Gasteiger partial charge >= 0.3 is 0 Å². The zero-order valence-electron chi connectivity index (χ0n) is 19.2. The van der Waals surface area contributed by atoms with Crippen molar-refractivity contribution >= 4 is 74.6 Å². The average Bonchev–Trinajstić information content (AvgIpc) is 2.82. The van der Waals surface area contributed by atoms with Crippen LogP contribution in [0.15, 0.2) is 36.5 Å². The van der Waals surface area contributed by atoms with Crippen LogP contribution < -0.4 is 10.2 Å². The molecule has 1 unspecified atom stereocenters. The second-order valence-corrected chi connectivity index (χ2v) is 11.9. The number of carbonyl (C=O) groups is 1. The third-order valence-electron chi connectivity index (χ3n) is 6.70. The second kappa shape index (κ2) is 11.1. The summed E-state index contributed by atoms with van der Waals surface area (Å²) in [6.45, 7) is 3.46. The second-order valence-electron chi connectivity index (χ2n) is 9.13. The quantitative estimate of drug-likeness (QED) is 0.411. The number of rotatable bonds is 6. The first-order chi connectivity index (χ1) is 16.2. The van der Waals surface area contributed by atoms with Gasteiger partial charge in [-0.25, -0.2) is 0 Å². The van der Waals surface area contributed by atoms with Gasteiger partial charge in [0.05, 0.1) is 11.2 Å². The highest BCUT2D eigenvalue weighted by Gasteiger charge is 2.42. The van der Waals surface area contributed by atoms with E-state index in [9.17, 15) is 4.79 Å². The van der Waals surface area contributed by atoms with Crippen LogP contribution in [0, 0.1) is 5.92 Å². The van der Waals surface area contributed by atoms with Crippen LogP contribution in [0.2, 0.25) is 0 Å². The van der Waals surface area contributed by atoms with E-state index in [-0.39, 0.29) is 5.91 Å². The SMILES string of the molecule is CN1CCC(CCC(=O)NC(N2CCCN(c3cccc4cccnc34)C2=S)C(Cl)(Cl)Cl)CC1. The predicted octanol–water partition coefficient (Wildman–Crippen LogP) is 4.97. The van der Waals surface area contributed by atoms with Crippen molar-refractivity contribution in [1.82, 2.24) is 20.1 Å². The summed E-state index contributed by atoms with van der Waals surface area (Å²) in [5.41, 5.74) is 1.77. The van der Waals surface area contributed by atoms with E-state index in [0.717, 1.165) is 61.9 Å². The molecule has 34 heavy (non-hydrogen) atoms. The molecule has 1 amide bonds. The molecule has 1 atom stereocenters. The van der Waals surface area contributed by atoms with E-state index in [1.54, 1.807) is 6.20 Å². The number of anilines is 1. The number of alkyl halides is 3. The van der Waals surface area contributed by atoms with Crippen molar-refractivity contribution in [1.29, 1.82) is 0 Å². The Morgan fingerprint density at radius 1 is 1.18 bits per heavy atom. The van der Waals surface area contributed by atoms with Gasteiger partial charge in [0.15, 0.2) is 11.3 Å². The molecule has 6 nitrogen and oxygen atoms in total. The van der Waals surface area contributed by atoms with Crippen molar-refractivity contribution in [2.45, 2.75) is 42.1 Å². The molecule has 184 valence electrons. The highest BCUT2D eigenvalue weighted by Crippen LogP contribution is 2.35. The smallest absolute Gasteiger partial charge is 0.228 e. The largest absolute Gasteiger partial charge is 0.332 e. The van der Waals surface area contributed by atoms with Crippen LogP contribution in [0.25, 0.3) is 10.9 Å². The average molecular weight is 543 g/mol. The Bertz CT molecular complexity index is 1020. The van der Waals surface area contributed by atoms with Crippen LogP contribution in [0.3, 0.4) is 0 Å². The monoisotopic (exact) mass is 541 g/mol. The van der Waals surface area contributed by atoms with Crippen molar-refractivity contribution in [2.24, 2.45) is 5.92 Å². The summed E-state index contributed by atoms with van der Waals surface area (Å²) in [5.74, 6) is 0.431. The molecule has 4 rings (SSSR count). The van der Waals surface area contributed by atoms with Crippen molar-refractivity contribution in [3.05, 3.63) is 36.5 Å². The van der Waals surface area contributed by atoms with Crippen molar-refractivity contribution in [3.63, 3.8) is 0 Å². The minimum atomic E-state index is -1.74. The molecule has 2 fully saturated rings. The lowest BCUT2D eigenvalue weighted by Crippen LogP contribution is -2.62. The number of amides is 1. The fraction of sp³-hybridized carbons (Fsp3) is 0.542. The summed E-state index contributed by atoms with van der Waals surface area (Å²) < 4.78 is -1.74. The third kappa shape index (κ3) is 6.05. The number of aromatic nitrogens is 1. The maximum Gasteiger partial charge on any atom is 0.228 e. The van der Waals surface area contributed by atoms with Crippen molar-refractivity contribution in [2.75, 3.05) is 38.1 Å². The Labute approximate surface area is 221 Å². The molecule has 1 aromatic heterocycles. The minimum absolute atomic E-state index is 0.123. The van der Waals surface area contributed by atoms with Crippen LogP contribution in [0.1, 0.15) is 32.1 Å². The number of fused-ring (bicyclic) bond motifs is 1. The van der Waals surface area contributed by atoms with Gasteiger partial charge in [0, 0.05) is 31.1 Å². The topological polar surface area (TPSA) is 51.7 Å². The zero-order valence-corrected chi connectivity index (χ0v) is 22.3. The number of hydrogen-bond acceptors (Lipinski definition) is 4. The number of pyridine rings is 1. The number of nitrogens with one attached hydrogen (secondary N) is 1. The van der Waals surface area contributed by atoms with Crippen molar-refractivity contribution in [3.8, 4) is 0 Å². The molecule has 0 aliphatic carbocycles. The number of nitrogens with zero attached hydrogens (tertiary/aromatic N) is 4. The first-order valence-corrected chi connectivity index (χ1v) is 13.2. The van der Waals surface area contributed by atoms with Gasteiger partial charge in [-0.3, -0.25) is 9.78 Å². The Morgan fingerprint density at radius 2 is 1.91 bits per heavy atom. The number of likely N-dealkylation sites (tertiary alicyclic amines) is 1. The molecular weight excluding hydrogens is 513 g/mol. The van der Waals surface area contributed by atoms with Gasteiger partial charge < -0.3 is 20.0 Å². The highest BCUT2D eigenvalue weighted by molar-refractivity contribution is 7.80. The number of para-hydroxylation sites is 1. The Kier molecular flexibility index (Phi) is 8.41. The Morgan fingerprint density at radius 3 is 2.65 bits per heavy atom. The van der Waals surface area contributed by atoms with Crippen LogP contribution in [-0.2, 0) is 4.79 Å². The molecule has 0 radical (unpaired) electrons. The molecule has 2 aliphatic heterocycles. The zero-order chi connectivity index (χ0) is 24.3. The fourth-order valence-electron chi connectivity index (χ4n) is 4.76. The van der Waals surface area contributed by atoms with E-state index in [0.29, 0.717) is 24.0 Å². The lowest BCUT2D eigenvalue weighted by atomic mass is 9.92. The first kappa shape index (κ1) is 25.7. The maximum atomic E-state index is 12.9. The van der Waals surface area contributed by atoms with Gasteiger partial charge in [-0.1, -0.05) is 53.0 Å². The summed E-state index contributed by atoms with van der Waals surface area (Å²) in [4.78, 5) is 23.6. The number of benzene rings is 1. The number of hydrogen-bond donors (Lipinski definition) is 1. The molecule has 0 bridgehead atoms. The Hall–Kier alpha value is -1.38. The minimum Gasteiger partial charge on any atom is -0.332 e. The van der Waals surface area contributed by atoms with Gasteiger partial charge in [-0.05, 0) is 76.1 Å². The Balaban J connectivity index is 1.47. The molecule has 0 spiro atoms. The molecule has 3 heterocycles. The van der Waals surface area contributed by atoms with E-state index in [1.165, 1.54) is 0 Å². The molecular formula is C24H30Cl3N5OS. The fourth-order valence-corrected chi connectivity index (χ4v) is 5.66. The van der Waals surface area contributed by atoms with Crippen LogP contribution in [0.4, 0.5) is 5.69 Å². The summed E-state index contributed by atoms with van der Waals surface area (Å²) in [6.07, 6.45) is 5.18. The van der Waals surface area contributed by atoms with Gasteiger partial charge in [-0.2, -0.15) is 0 Å². The molecule has 10 heteroatoms. The van der Waals surface area contributed by atoms with Gasteiger partial charge in [-0.15, -0.1) is 0 Å². The van der Waals surface area contributed by atoms with Crippen LogP contribution >= 0.6 is 47.0 Å². The van der Waals surface area contributed by atoms with Crippen molar-refractivity contribution < 1.29 is 4.79 Å². The summed E-state index contributed by atoms with van der Waals surface area (Å²) >= 11 is 25.0. The number of piperidine rings is 1. The molecule has 2 saturated heterocycles. The molecule has 1 N–H and O–H groups in total. The van der Waals surface area contributed by atoms with E-state index in [4.69, 9.17) is 47.0 Å². The van der Waals surface area contributed by atoms with Crippen LogP contribution in [-0.4, -0.2) is 69.0 Å². The normalized spacial score (nSPS) is 19.5. The van der Waals surface area contributed by atoms with E-state index in [2.05, 4.69) is 22.2 Å². The summed E-state index contributed by atoms with van der Waals surface area (Å²) in [7, 11) is 2.13. The molecule has 1 aromatic carbocycles. The third-order valence-corrected chi connectivity index (χ3v) is 7.77. The number of carbonyl (C=O) groups excluding carboxylic acids is 1. The van der Waals surface area contributed by atoms with E-state index in [1.807, 2.05) is 40.1 Å². The van der Waals surface area contributed by atoms with Gasteiger partial charge in [0.2, 0.25) is 9.70 Å². The molecule has 0 saturated carbocycles. The van der Waals surface area contributed by atoms with E-state index >= 15 is 0 Å². The lowest BCUT2D eigenvalue weighted by molar-refractivity contribution is -0.123. The van der Waals surface area contributed by atoms with Gasteiger partial charge in [0.1, 0.15) is 0 Å². The number of thiocarbonyl (C=S) groups is 1. The highest BCUT2D eigenvalue weighted by atomic mass is 35.6. The lowest BCUT2D eigenvalue weighted by Gasteiger charge is -2.44. The molecule has 2 aromatic rings. The first-order valence-electron chi connectivity index (χ1n) is 11.7.